The lowest BCUT2D eigenvalue weighted by Crippen LogP contribution is -2.42. The SMILES string of the molecule is Cc1cc(OC2CCN(CCNC(=O)c3ccc(Br)o3)CC2)ccc1Cl. The van der Waals surface area contributed by atoms with Crippen molar-refractivity contribution in [2.45, 2.75) is 25.9 Å². The van der Waals surface area contributed by atoms with Crippen LogP contribution >= 0.6 is 27.5 Å². The van der Waals surface area contributed by atoms with Crippen LogP contribution in [0.15, 0.2) is 39.4 Å². The standard InChI is InChI=1S/C19H22BrClN2O3/c1-13-12-15(2-3-16(13)21)25-14-6-9-23(10-7-14)11-8-22-19(24)17-4-5-18(20)26-17/h2-5,12,14H,6-11H2,1H3,(H,22,24). The van der Waals surface area contributed by atoms with E-state index in [9.17, 15) is 4.79 Å². The van der Waals surface area contributed by atoms with Crippen molar-refractivity contribution in [3.63, 3.8) is 0 Å². The maximum atomic E-state index is 11.9. The van der Waals surface area contributed by atoms with Gasteiger partial charge in [0.2, 0.25) is 0 Å². The fraction of sp³-hybridized carbons (Fsp3) is 0.421. The first-order valence-corrected chi connectivity index (χ1v) is 9.87. The summed E-state index contributed by atoms with van der Waals surface area (Å²) >= 11 is 9.25. The number of aryl methyl sites for hydroxylation is 1. The van der Waals surface area contributed by atoms with Crippen LogP contribution in [0.2, 0.25) is 5.02 Å². The lowest BCUT2D eigenvalue weighted by Gasteiger charge is -2.32. The van der Waals surface area contributed by atoms with Crippen LogP contribution in [0, 0.1) is 6.92 Å². The molecular formula is C19H22BrClN2O3. The average Bonchev–Trinajstić information content (AvgIpc) is 3.06. The normalized spacial score (nSPS) is 15.8. The second-order valence-corrected chi connectivity index (χ2v) is 7.62. The van der Waals surface area contributed by atoms with Crippen molar-refractivity contribution in [3.8, 4) is 5.75 Å². The largest absolute Gasteiger partial charge is 0.490 e. The Kier molecular flexibility index (Phi) is 6.62. The highest BCUT2D eigenvalue weighted by Crippen LogP contribution is 2.24. The fourth-order valence-corrected chi connectivity index (χ4v) is 3.41. The molecule has 26 heavy (non-hydrogen) atoms. The van der Waals surface area contributed by atoms with Crippen LogP contribution in [0.3, 0.4) is 0 Å². The first-order chi connectivity index (χ1) is 12.5. The van der Waals surface area contributed by atoms with Gasteiger partial charge in [-0.2, -0.15) is 0 Å². The van der Waals surface area contributed by atoms with E-state index in [0.29, 0.717) is 17.0 Å². The minimum absolute atomic E-state index is 0.188. The Labute approximate surface area is 166 Å². The Morgan fingerprint density at radius 3 is 2.77 bits per heavy atom. The number of nitrogens with one attached hydrogen (secondary N) is 1. The van der Waals surface area contributed by atoms with E-state index in [1.54, 1.807) is 12.1 Å². The number of ether oxygens (including phenoxy) is 1. The van der Waals surface area contributed by atoms with Crippen molar-refractivity contribution < 1.29 is 13.9 Å². The van der Waals surface area contributed by atoms with Gasteiger partial charge in [0, 0.05) is 31.2 Å². The topological polar surface area (TPSA) is 54.7 Å². The molecule has 2 aromatic rings. The Morgan fingerprint density at radius 1 is 1.35 bits per heavy atom. The quantitative estimate of drug-likeness (QED) is 0.727. The molecule has 1 fully saturated rings. The molecule has 0 bridgehead atoms. The molecule has 0 spiro atoms. The minimum atomic E-state index is -0.188. The zero-order valence-electron chi connectivity index (χ0n) is 14.6. The predicted octanol–water partition coefficient (Wildman–Crippen LogP) is 4.28. The number of furan rings is 1. The van der Waals surface area contributed by atoms with E-state index in [1.165, 1.54) is 0 Å². The number of nitrogens with zero attached hydrogens (tertiary/aromatic N) is 1. The molecule has 3 rings (SSSR count). The smallest absolute Gasteiger partial charge is 0.287 e. The van der Waals surface area contributed by atoms with Gasteiger partial charge in [0.05, 0.1) is 0 Å². The summed E-state index contributed by atoms with van der Waals surface area (Å²) in [6, 6.07) is 9.14. The molecule has 0 radical (unpaired) electrons. The number of rotatable bonds is 6. The number of carbonyl (C=O) groups excluding carboxylic acids is 1. The van der Waals surface area contributed by atoms with Crippen molar-refractivity contribution in [2.24, 2.45) is 0 Å². The summed E-state index contributed by atoms with van der Waals surface area (Å²) < 4.78 is 11.9. The molecule has 0 saturated carbocycles. The summed E-state index contributed by atoms with van der Waals surface area (Å²) in [5.41, 5.74) is 1.03. The Bertz CT molecular complexity index is 757. The molecular weight excluding hydrogens is 420 g/mol. The van der Waals surface area contributed by atoms with E-state index in [2.05, 4.69) is 26.1 Å². The number of hydrogen-bond acceptors (Lipinski definition) is 4. The van der Waals surface area contributed by atoms with Crippen molar-refractivity contribution in [1.29, 1.82) is 0 Å². The van der Waals surface area contributed by atoms with Crippen molar-refractivity contribution >= 4 is 33.4 Å². The molecule has 140 valence electrons. The van der Waals surface area contributed by atoms with E-state index in [1.807, 2.05) is 25.1 Å². The highest BCUT2D eigenvalue weighted by molar-refractivity contribution is 9.10. The van der Waals surface area contributed by atoms with Crippen LogP contribution in [-0.4, -0.2) is 43.1 Å². The summed E-state index contributed by atoms with van der Waals surface area (Å²) in [4.78, 5) is 14.3. The summed E-state index contributed by atoms with van der Waals surface area (Å²) in [7, 11) is 0. The number of likely N-dealkylation sites (tertiary alicyclic amines) is 1. The molecule has 1 aliphatic rings. The van der Waals surface area contributed by atoms with E-state index in [0.717, 1.165) is 48.8 Å². The first-order valence-electron chi connectivity index (χ1n) is 8.70. The third-order valence-electron chi connectivity index (χ3n) is 4.48. The highest BCUT2D eigenvalue weighted by Gasteiger charge is 2.20. The second-order valence-electron chi connectivity index (χ2n) is 6.43. The third-order valence-corrected chi connectivity index (χ3v) is 5.33. The summed E-state index contributed by atoms with van der Waals surface area (Å²) in [5.74, 6) is 1.01. The number of hydrogen-bond donors (Lipinski definition) is 1. The van der Waals surface area contributed by atoms with Gasteiger partial charge in [0.1, 0.15) is 11.9 Å². The van der Waals surface area contributed by atoms with Gasteiger partial charge in [0.15, 0.2) is 10.4 Å². The maximum Gasteiger partial charge on any atom is 0.287 e. The molecule has 7 heteroatoms. The highest BCUT2D eigenvalue weighted by atomic mass is 79.9. The van der Waals surface area contributed by atoms with Gasteiger partial charge >= 0.3 is 0 Å². The zero-order chi connectivity index (χ0) is 18.5. The monoisotopic (exact) mass is 440 g/mol. The number of benzene rings is 1. The molecule has 1 aliphatic heterocycles. The van der Waals surface area contributed by atoms with Gasteiger partial charge in [-0.3, -0.25) is 4.79 Å². The fourth-order valence-electron chi connectivity index (χ4n) is 2.98. The number of piperidine rings is 1. The van der Waals surface area contributed by atoms with Crippen LogP contribution in [0.5, 0.6) is 5.75 Å². The van der Waals surface area contributed by atoms with Gasteiger partial charge in [0.25, 0.3) is 5.91 Å². The number of halogens is 2. The number of amides is 1. The lowest BCUT2D eigenvalue weighted by atomic mass is 10.1. The van der Waals surface area contributed by atoms with E-state index < -0.39 is 0 Å². The number of carbonyl (C=O) groups is 1. The van der Waals surface area contributed by atoms with Gasteiger partial charge in [-0.05, 0) is 71.6 Å². The minimum Gasteiger partial charge on any atom is -0.490 e. The molecule has 1 amide bonds. The van der Waals surface area contributed by atoms with Gasteiger partial charge in [-0.25, -0.2) is 0 Å². The van der Waals surface area contributed by atoms with Crippen LogP contribution in [0.25, 0.3) is 0 Å². The van der Waals surface area contributed by atoms with Gasteiger partial charge in [-0.1, -0.05) is 11.6 Å². The Balaban J connectivity index is 1.37. The third kappa shape index (κ3) is 5.25. The van der Waals surface area contributed by atoms with E-state index >= 15 is 0 Å². The molecule has 0 atom stereocenters. The first kappa shape index (κ1) is 19.3. The molecule has 1 aromatic heterocycles. The van der Waals surface area contributed by atoms with Crippen LogP contribution in [0.1, 0.15) is 29.0 Å². The average molecular weight is 442 g/mol. The molecule has 0 aliphatic carbocycles. The van der Waals surface area contributed by atoms with Crippen molar-refractivity contribution in [3.05, 3.63) is 51.3 Å². The lowest BCUT2D eigenvalue weighted by molar-refractivity contribution is 0.0883. The van der Waals surface area contributed by atoms with Crippen molar-refractivity contribution in [1.82, 2.24) is 10.2 Å². The Hall–Kier alpha value is -1.50. The molecule has 5 nitrogen and oxygen atoms in total. The van der Waals surface area contributed by atoms with Crippen molar-refractivity contribution in [2.75, 3.05) is 26.2 Å². The molecule has 1 saturated heterocycles. The van der Waals surface area contributed by atoms with Gasteiger partial charge < -0.3 is 19.4 Å². The van der Waals surface area contributed by atoms with Crippen LogP contribution in [0.4, 0.5) is 0 Å². The summed E-state index contributed by atoms with van der Waals surface area (Å²) in [6.45, 7) is 5.31. The predicted molar refractivity (Wildman–Crippen MR) is 105 cm³/mol. The Morgan fingerprint density at radius 2 is 2.12 bits per heavy atom. The molecule has 0 unspecified atom stereocenters. The molecule has 1 N–H and O–H groups in total. The van der Waals surface area contributed by atoms with Crippen LogP contribution < -0.4 is 10.1 Å². The second kappa shape index (κ2) is 8.93. The maximum absolute atomic E-state index is 11.9. The summed E-state index contributed by atoms with van der Waals surface area (Å²) in [5, 5.41) is 3.64. The zero-order valence-corrected chi connectivity index (χ0v) is 17.0. The van der Waals surface area contributed by atoms with E-state index in [4.69, 9.17) is 20.8 Å². The van der Waals surface area contributed by atoms with E-state index in [-0.39, 0.29) is 12.0 Å². The molecule has 1 aromatic carbocycles. The van der Waals surface area contributed by atoms with Crippen LogP contribution in [-0.2, 0) is 0 Å². The van der Waals surface area contributed by atoms with Gasteiger partial charge in [-0.15, -0.1) is 0 Å². The summed E-state index contributed by atoms with van der Waals surface area (Å²) in [6.07, 6.45) is 2.17. The molecule has 2 heterocycles.